The van der Waals surface area contributed by atoms with Crippen LogP contribution in [0.15, 0.2) is 23.2 Å². The molecule has 0 spiro atoms. The molecule has 0 saturated heterocycles. The van der Waals surface area contributed by atoms with Gasteiger partial charge < -0.3 is 4.52 Å². The average Bonchev–Trinajstić information content (AvgIpc) is 2.80. The molecule has 0 atom stereocenters. The van der Waals surface area contributed by atoms with E-state index in [2.05, 4.69) is 63.5 Å². The van der Waals surface area contributed by atoms with E-state index < -0.39 is 0 Å². The van der Waals surface area contributed by atoms with Crippen molar-refractivity contribution >= 4 is 6.08 Å². The molecule has 0 radical (unpaired) electrons. The predicted octanol–water partition coefficient (Wildman–Crippen LogP) is 4.22. The second-order valence-corrected chi connectivity index (χ2v) is 6.27. The van der Waals surface area contributed by atoms with Crippen LogP contribution < -0.4 is 0 Å². The summed E-state index contributed by atoms with van der Waals surface area (Å²) < 4.78 is 5.06. The molecule has 1 aromatic carbocycles. The molecule has 0 fully saturated rings. The smallest absolute Gasteiger partial charge is 0.250 e. The minimum absolute atomic E-state index is 0.163. The molecule has 1 aromatic heterocycles. The molecule has 3 heteroatoms. The lowest BCUT2D eigenvalue weighted by Crippen LogP contribution is -2.12. The maximum Gasteiger partial charge on any atom is 0.250 e. The van der Waals surface area contributed by atoms with Gasteiger partial charge >= 0.3 is 0 Å². The van der Waals surface area contributed by atoms with E-state index in [-0.39, 0.29) is 5.41 Å². The lowest BCUT2D eigenvalue weighted by atomic mass is 9.83. The molecule has 2 rings (SSSR count). The largest absolute Gasteiger partial charge is 0.335 e. The topological polar surface area (TPSA) is 38.9 Å². The van der Waals surface area contributed by atoms with Gasteiger partial charge in [0.05, 0.1) is 0 Å². The molecule has 20 heavy (non-hydrogen) atoms. The van der Waals surface area contributed by atoms with Crippen molar-refractivity contribution in [3.63, 3.8) is 0 Å². The number of rotatable bonds is 3. The highest BCUT2D eigenvalue weighted by molar-refractivity contribution is 5.42. The monoisotopic (exact) mass is 270 g/mol. The Morgan fingerprint density at radius 2 is 1.80 bits per heavy atom. The Hall–Kier alpha value is -1.90. The molecule has 3 nitrogen and oxygen atoms in total. The lowest BCUT2D eigenvalue weighted by Gasteiger charge is -2.22. The Balaban J connectivity index is 2.35. The zero-order chi connectivity index (χ0) is 14.9. The number of aryl methyl sites for hydroxylation is 2. The van der Waals surface area contributed by atoms with Crippen molar-refractivity contribution in [3.05, 3.63) is 52.7 Å². The van der Waals surface area contributed by atoms with Gasteiger partial charge in [-0.15, -0.1) is 0 Å². The minimum atomic E-state index is 0.163. The summed E-state index contributed by atoms with van der Waals surface area (Å²) in [5.74, 6) is 1.18. The molecule has 0 amide bonds. The number of hydrogen-bond acceptors (Lipinski definition) is 3. The van der Waals surface area contributed by atoms with Crippen LogP contribution in [0.2, 0.25) is 0 Å². The second-order valence-electron chi connectivity index (χ2n) is 6.27. The van der Waals surface area contributed by atoms with E-state index in [0.29, 0.717) is 18.1 Å². The summed E-state index contributed by atoms with van der Waals surface area (Å²) in [5.41, 5.74) is 5.35. The number of hydrogen-bond donors (Lipinski definition) is 0. The van der Waals surface area contributed by atoms with Gasteiger partial charge in [-0.25, -0.2) is 0 Å². The first-order chi connectivity index (χ1) is 9.31. The summed E-state index contributed by atoms with van der Waals surface area (Å²) in [6, 6.07) is 4.52. The third-order valence-corrected chi connectivity index (χ3v) is 3.56. The molecule has 0 unspecified atom stereocenters. The van der Waals surface area contributed by atoms with E-state index in [1.807, 2.05) is 0 Å². The van der Waals surface area contributed by atoms with Crippen molar-refractivity contribution in [1.29, 1.82) is 0 Å². The third-order valence-electron chi connectivity index (χ3n) is 3.56. The number of aromatic nitrogens is 2. The molecule has 0 aliphatic carbocycles. The SMILES string of the molecule is C=Cc1nc(Cc2c(C)cc(C(C)(C)C)cc2C)no1. The molecule has 0 saturated carbocycles. The van der Waals surface area contributed by atoms with Crippen LogP contribution in [0, 0.1) is 13.8 Å². The summed E-state index contributed by atoms with van der Waals surface area (Å²) in [5, 5.41) is 3.98. The highest BCUT2D eigenvalue weighted by Gasteiger charge is 2.17. The van der Waals surface area contributed by atoms with E-state index in [0.717, 1.165) is 0 Å². The first-order valence-electron chi connectivity index (χ1n) is 6.87. The Morgan fingerprint density at radius 3 is 2.25 bits per heavy atom. The molecule has 2 aromatic rings. The predicted molar refractivity (Wildman–Crippen MR) is 81.8 cm³/mol. The zero-order valence-electron chi connectivity index (χ0n) is 12.9. The Morgan fingerprint density at radius 1 is 1.20 bits per heavy atom. The third kappa shape index (κ3) is 2.98. The number of benzene rings is 1. The molecular weight excluding hydrogens is 248 g/mol. The molecule has 106 valence electrons. The van der Waals surface area contributed by atoms with Crippen LogP contribution in [0.1, 0.15) is 54.7 Å². The molecule has 1 heterocycles. The van der Waals surface area contributed by atoms with Crippen LogP contribution in [0.3, 0.4) is 0 Å². The quantitative estimate of drug-likeness (QED) is 0.838. The van der Waals surface area contributed by atoms with Crippen molar-refractivity contribution in [2.45, 2.75) is 46.5 Å². The van der Waals surface area contributed by atoms with Crippen molar-refractivity contribution in [1.82, 2.24) is 10.1 Å². The highest BCUT2D eigenvalue weighted by atomic mass is 16.5. The fourth-order valence-corrected chi connectivity index (χ4v) is 2.29. The van der Waals surface area contributed by atoms with Gasteiger partial charge in [0.15, 0.2) is 5.82 Å². The van der Waals surface area contributed by atoms with Crippen LogP contribution in [0.25, 0.3) is 6.08 Å². The standard InChI is InChI=1S/C17H22N2O/c1-7-16-18-15(19-20-16)10-14-11(2)8-13(9-12(14)3)17(4,5)6/h7-9H,1,10H2,2-6H3. The zero-order valence-corrected chi connectivity index (χ0v) is 12.9. The van der Waals surface area contributed by atoms with E-state index in [4.69, 9.17) is 4.52 Å². The van der Waals surface area contributed by atoms with Crippen molar-refractivity contribution in [2.24, 2.45) is 0 Å². The van der Waals surface area contributed by atoms with Crippen molar-refractivity contribution < 1.29 is 4.52 Å². The molecule has 0 aliphatic heterocycles. The number of nitrogens with zero attached hydrogens (tertiary/aromatic N) is 2. The van der Waals surface area contributed by atoms with E-state index in [1.165, 1.54) is 22.3 Å². The first-order valence-corrected chi connectivity index (χ1v) is 6.87. The van der Waals surface area contributed by atoms with Crippen molar-refractivity contribution in [2.75, 3.05) is 0 Å². The summed E-state index contributed by atoms with van der Waals surface area (Å²) in [4.78, 5) is 4.28. The van der Waals surface area contributed by atoms with Gasteiger partial charge in [-0.1, -0.05) is 44.6 Å². The summed E-state index contributed by atoms with van der Waals surface area (Å²) in [6.07, 6.45) is 2.26. The van der Waals surface area contributed by atoms with Gasteiger partial charge in [-0.3, -0.25) is 0 Å². The van der Waals surface area contributed by atoms with Gasteiger partial charge in [0.25, 0.3) is 0 Å². The van der Waals surface area contributed by atoms with E-state index in [1.54, 1.807) is 6.08 Å². The lowest BCUT2D eigenvalue weighted by molar-refractivity contribution is 0.404. The average molecular weight is 270 g/mol. The van der Waals surface area contributed by atoms with E-state index in [9.17, 15) is 0 Å². The maximum absolute atomic E-state index is 5.06. The van der Waals surface area contributed by atoms with Crippen molar-refractivity contribution in [3.8, 4) is 0 Å². The van der Waals surface area contributed by atoms with Gasteiger partial charge in [0, 0.05) is 6.42 Å². The van der Waals surface area contributed by atoms with Gasteiger partial charge in [-0.2, -0.15) is 4.98 Å². The summed E-state index contributed by atoms with van der Waals surface area (Å²) in [6.45, 7) is 14.6. The Kier molecular flexibility index (Phi) is 3.80. The second kappa shape index (κ2) is 5.23. The maximum atomic E-state index is 5.06. The summed E-state index contributed by atoms with van der Waals surface area (Å²) >= 11 is 0. The molecule has 0 N–H and O–H groups in total. The van der Waals surface area contributed by atoms with Crippen LogP contribution in [-0.2, 0) is 11.8 Å². The van der Waals surface area contributed by atoms with Crippen LogP contribution >= 0.6 is 0 Å². The molecule has 0 aliphatic rings. The van der Waals surface area contributed by atoms with Crippen LogP contribution in [0.5, 0.6) is 0 Å². The Labute approximate surface area is 120 Å². The van der Waals surface area contributed by atoms with Gasteiger partial charge in [0.1, 0.15) is 0 Å². The normalized spacial score (nSPS) is 11.7. The fourth-order valence-electron chi connectivity index (χ4n) is 2.29. The fraction of sp³-hybridized carbons (Fsp3) is 0.412. The molecular formula is C17H22N2O. The highest BCUT2D eigenvalue weighted by Crippen LogP contribution is 2.27. The van der Waals surface area contributed by atoms with Crippen LogP contribution in [0.4, 0.5) is 0 Å². The van der Waals surface area contributed by atoms with E-state index >= 15 is 0 Å². The van der Waals surface area contributed by atoms with Crippen LogP contribution in [-0.4, -0.2) is 10.1 Å². The van der Waals surface area contributed by atoms with Gasteiger partial charge in [-0.05, 0) is 47.6 Å². The minimum Gasteiger partial charge on any atom is -0.335 e. The summed E-state index contributed by atoms with van der Waals surface area (Å²) in [7, 11) is 0. The molecule has 0 bridgehead atoms. The first kappa shape index (κ1) is 14.5. The Bertz CT molecular complexity index is 610. The van der Waals surface area contributed by atoms with Gasteiger partial charge in [0.2, 0.25) is 5.89 Å².